The fourth-order valence-corrected chi connectivity index (χ4v) is 3.33. The van der Waals surface area contributed by atoms with E-state index in [1.165, 1.54) is 6.26 Å². The van der Waals surface area contributed by atoms with Crippen molar-refractivity contribution in [3.8, 4) is 0 Å². The van der Waals surface area contributed by atoms with E-state index >= 15 is 0 Å². The summed E-state index contributed by atoms with van der Waals surface area (Å²) in [6.07, 6.45) is 2.04. The van der Waals surface area contributed by atoms with E-state index < -0.39 is 15.1 Å². The average Bonchev–Trinajstić information content (AvgIpc) is 2.39. The molecule has 1 aromatic rings. The molecule has 0 aromatic heterocycles. The highest BCUT2D eigenvalue weighted by Gasteiger charge is 2.27. The number of carbonyl (C=O) groups is 1. The molecule has 20 heavy (non-hydrogen) atoms. The van der Waals surface area contributed by atoms with E-state index in [2.05, 4.69) is 10.6 Å². The standard InChI is InChI=1S/C14H20N2O3S/c1-9(20(3,18)19)13(15-2)11-5-4-10-6-7-16-14(17)12(10)8-11/h4-5,8-9,13,15H,6-7H2,1-3H3,(H,16,17). The number of fused-ring (bicyclic) bond motifs is 1. The SMILES string of the molecule is CNC(c1ccc2c(c1)C(=O)NCC2)C(C)S(C)(=O)=O. The fourth-order valence-electron chi connectivity index (χ4n) is 2.54. The Kier molecular flexibility index (Phi) is 4.15. The van der Waals surface area contributed by atoms with Gasteiger partial charge in [0.2, 0.25) is 0 Å². The largest absolute Gasteiger partial charge is 0.352 e. The van der Waals surface area contributed by atoms with E-state index in [1.807, 2.05) is 12.1 Å². The maximum Gasteiger partial charge on any atom is 0.251 e. The summed E-state index contributed by atoms with van der Waals surface area (Å²) in [7, 11) is -1.43. The summed E-state index contributed by atoms with van der Waals surface area (Å²) in [5, 5.41) is 5.28. The van der Waals surface area contributed by atoms with Crippen molar-refractivity contribution < 1.29 is 13.2 Å². The lowest BCUT2D eigenvalue weighted by atomic mass is 9.94. The molecular formula is C14H20N2O3S. The van der Waals surface area contributed by atoms with Crippen molar-refractivity contribution in [2.75, 3.05) is 19.8 Å². The zero-order chi connectivity index (χ0) is 14.9. The van der Waals surface area contributed by atoms with Crippen molar-refractivity contribution >= 4 is 15.7 Å². The topological polar surface area (TPSA) is 75.3 Å². The monoisotopic (exact) mass is 296 g/mol. The molecule has 0 saturated carbocycles. The van der Waals surface area contributed by atoms with Crippen molar-refractivity contribution in [3.05, 3.63) is 34.9 Å². The van der Waals surface area contributed by atoms with Gasteiger partial charge in [-0.05, 0) is 37.6 Å². The van der Waals surface area contributed by atoms with Crippen molar-refractivity contribution in [3.63, 3.8) is 0 Å². The Morgan fingerprint density at radius 2 is 2.05 bits per heavy atom. The van der Waals surface area contributed by atoms with Gasteiger partial charge in [0.15, 0.2) is 9.84 Å². The molecule has 6 heteroatoms. The van der Waals surface area contributed by atoms with Crippen LogP contribution in [0.3, 0.4) is 0 Å². The van der Waals surface area contributed by atoms with E-state index in [9.17, 15) is 13.2 Å². The summed E-state index contributed by atoms with van der Waals surface area (Å²) in [5.41, 5.74) is 2.48. The molecule has 2 unspecified atom stereocenters. The second kappa shape index (κ2) is 5.54. The van der Waals surface area contributed by atoms with Crippen LogP contribution in [0.1, 0.15) is 34.5 Å². The summed E-state index contributed by atoms with van der Waals surface area (Å²) in [4.78, 5) is 11.9. The lowest BCUT2D eigenvalue weighted by Crippen LogP contribution is -2.35. The predicted octanol–water partition coefficient (Wildman–Crippen LogP) is 0.666. The molecule has 2 N–H and O–H groups in total. The van der Waals surface area contributed by atoms with Crippen LogP contribution in [-0.2, 0) is 16.3 Å². The molecule has 0 aliphatic carbocycles. The van der Waals surface area contributed by atoms with Gasteiger partial charge >= 0.3 is 0 Å². The molecule has 0 bridgehead atoms. The molecule has 1 aliphatic heterocycles. The maximum atomic E-state index is 11.9. The van der Waals surface area contributed by atoms with Crippen molar-refractivity contribution in [1.29, 1.82) is 0 Å². The van der Waals surface area contributed by atoms with Crippen LogP contribution in [0.2, 0.25) is 0 Å². The van der Waals surface area contributed by atoms with Gasteiger partial charge in [-0.1, -0.05) is 12.1 Å². The van der Waals surface area contributed by atoms with Gasteiger partial charge in [-0.15, -0.1) is 0 Å². The molecule has 2 rings (SSSR count). The minimum atomic E-state index is -3.16. The highest BCUT2D eigenvalue weighted by molar-refractivity contribution is 7.91. The molecular weight excluding hydrogens is 276 g/mol. The average molecular weight is 296 g/mol. The molecule has 0 radical (unpaired) electrons. The number of hydrogen-bond donors (Lipinski definition) is 2. The van der Waals surface area contributed by atoms with Crippen LogP contribution in [0.15, 0.2) is 18.2 Å². The zero-order valence-electron chi connectivity index (χ0n) is 11.9. The Hall–Kier alpha value is -1.40. The first-order valence-corrected chi connectivity index (χ1v) is 8.57. The molecule has 1 aliphatic rings. The lowest BCUT2D eigenvalue weighted by molar-refractivity contribution is 0.0946. The summed E-state index contributed by atoms with van der Waals surface area (Å²) in [6, 6.07) is 5.29. The smallest absolute Gasteiger partial charge is 0.251 e. The van der Waals surface area contributed by atoms with Gasteiger partial charge in [0.25, 0.3) is 5.91 Å². The molecule has 0 fully saturated rings. The number of rotatable bonds is 4. The number of benzene rings is 1. The quantitative estimate of drug-likeness (QED) is 0.856. The minimum absolute atomic E-state index is 0.0880. The van der Waals surface area contributed by atoms with Crippen LogP contribution in [0.4, 0.5) is 0 Å². The molecule has 0 saturated heterocycles. The molecule has 1 amide bonds. The lowest BCUT2D eigenvalue weighted by Gasteiger charge is -2.25. The third-order valence-corrected chi connectivity index (χ3v) is 5.50. The first kappa shape index (κ1) is 15.0. The highest BCUT2D eigenvalue weighted by atomic mass is 32.2. The Labute approximate surface area is 119 Å². The Balaban J connectivity index is 2.41. The van der Waals surface area contributed by atoms with Gasteiger partial charge in [0.1, 0.15) is 0 Å². The van der Waals surface area contributed by atoms with Crippen LogP contribution in [0, 0.1) is 0 Å². The van der Waals surface area contributed by atoms with Gasteiger partial charge in [-0.3, -0.25) is 4.79 Å². The van der Waals surface area contributed by atoms with E-state index in [0.29, 0.717) is 12.1 Å². The second-order valence-corrected chi connectivity index (χ2v) is 7.63. The number of sulfone groups is 1. The highest BCUT2D eigenvalue weighted by Crippen LogP contribution is 2.25. The zero-order valence-corrected chi connectivity index (χ0v) is 12.8. The Bertz CT molecular complexity index is 625. The van der Waals surface area contributed by atoms with Crippen molar-refractivity contribution in [2.24, 2.45) is 0 Å². The van der Waals surface area contributed by atoms with Crippen LogP contribution in [0.25, 0.3) is 0 Å². The molecule has 5 nitrogen and oxygen atoms in total. The third-order valence-electron chi connectivity index (χ3n) is 3.87. The third kappa shape index (κ3) is 2.86. The van der Waals surface area contributed by atoms with Gasteiger partial charge in [0.05, 0.1) is 5.25 Å². The van der Waals surface area contributed by atoms with Crippen LogP contribution >= 0.6 is 0 Å². The number of nitrogens with one attached hydrogen (secondary N) is 2. The predicted molar refractivity (Wildman–Crippen MR) is 78.6 cm³/mol. The van der Waals surface area contributed by atoms with Gasteiger partial charge in [-0.2, -0.15) is 0 Å². The second-order valence-electron chi connectivity index (χ2n) is 5.22. The molecule has 0 spiro atoms. The van der Waals surface area contributed by atoms with Gasteiger partial charge < -0.3 is 10.6 Å². The number of amides is 1. The fraction of sp³-hybridized carbons (Fsp3) is 0.500. The first-order valence-electron chi connectivity index (χ1n) is 6.61. The Morgan fingerprint density at radius 1 is 1.35 bits per heavy atom. The van der Waals surface area contributed by atoms with Gasteiger partial charge in [-0.25, -0.2) is 8.42 Å². The summed E-state index contributed by atoms with van der Waals surface area (Å²) in [5.74, 6) is -0.0880. The van der Waals surface area contributed by atoms with E-state index in [4.69, 9.17) is 0 Å². The van der Waals surface area contributed by atoms with E-state index in [0.717, 1.165) is 17.5 Å². The van der Waals surface area contributed by atoms with Crippen molar-refractivity contribution in [2.45, 2.75) is 24.6 Å². The minimum Gasteiger partial charge on any atom is -0.352 e. The molecule has 1 aromatic carbocycles. The van der Waals surface area contributed by atoms with Gasteiger partial charge in [0, 0.05) is 24.4 Å². The summed E-state index contributed by atoms with van der Waals surface area (Å²) >= 11 is 0. The van der Waals surface area contributed by atoms with Crippen molar-refractivity contribution in [1.82, 2.24) is 10.6 Å². The summed E-state index contributed by atoms with van der Waals surface area (Å²) < 4.78 is 23.5. The van der Waals surface area contributed by atoms with Crippen LogP contribution < -0.4 is 10.6 Å². The van der Waals surface area contributed by atoms with E-state index in [1.54, 1.807) is 20.0 Å². The van der Waals surface area contributed by atoms with Crippen LogP contribution in [0.5, 0.6) is 0 Å². The number of carbonyl (C=O) groups excluding carboxylic acids is 1. The van der Waals surface area contributed by atoms with Crippen LogP contribution in [-0.4, -0.2) is 39.4 Å². The normalized spacial score (nSPS) is 18.1. The summed E-state index contributed by atoms with van der Waals surface area (Å²) in [6.45, 7) is 2.33. The Morgan fingerprint density at radius 3 is 2.65 bits per heavy atom. The van der Waals surface area contributed by atoms with E-state index in [-0.39, 0.29) is 11.9 Å². The molecule has 1 heterocycles. The molecule has 2 atom stereocenters. The maximum absolute atomic E-state index is 11.9. The molecule has 110 valence electrons. The number of hydrogen-bond acceptors (Lipinski definition) is 4. The first-order chi connectivity index (χ1) is 9.34.